The molecule has 5 rings (SSSR count). The minimum Gasteiger partial charge on any atom is -0.330 e. The van der Waals surface area contributed by atoms with Crippen molar-refractivity contribution in [3.8, 4) is 0 Å². The molecule has 0 aromatic carbocycles. The van der Waals surface area contributed by atoms with Gasteiger partial charge in [-0.1, -0.05) is 0 Å². The number of nitrogens with zero attached hydrogens (tertiary/aromatic N) is 6. The topological polar surface area (TPSA) is 78.0 Å². The molecule has 0 N–H and O–H groups in total. The number of aromatic nitrogens is 5. The van der Waals surface area contributed by atoms with Crippen LogP contribution in [0, 0.1) is 5.92 Å². The van der Waals surface area contributed by atoms with E-state index in [1.54, 1.807) is 26.3 Å². The van der Waals surface area contributed by atoms with E-state index < -0.39 is 0 Å². The average Bonchev–Trinajstić information content (AvgIpc) is 3.10. The van der Waals surface area contributed by atoms with Crippen molar-refractivity contribution in [2.75, 3.05) is 0 Å². The third-order valence-electron chi connectivity index (χ3n) is 5.75. The summed E-state index contributed by atoms with van der Waals surface area (Å²) in [7, 11) is 1.81. The highest BCUT2D eigenvalue weighted by molar-refractivity contribution is 5.94. The van der Waals surface area contributed by atoms with Crippen LogP contribution in [0.15, 0.2) is 17.2 Å². The molecule has 3 aliphatic rings. The van der Waals surface area contributed by atoms with Gasteiger partial charge in [0.1, 0.15) is 5.82 Å². The molecule has 2 fully saturated rings. The Kier molecular flexibility index (Phi) is 3.17. The van der Waals surface area contributed by atoms with Gasteiger partial charge in [-0.25, -0.2) is 9.48 Å². The van der Waals surface area contributed by atoms with Crippen molar-refractivity contribution >= 4 is 5.91 Å². The molecule has 132 valence electrons. The fraction of sp³-hybridized carbons (Fsp3) is 0.647. The first kappa shape index (κ1) is 14.9. The SMILES string of the molecule is Cn1cc(C(=O)N2C3CCC2Cn2c(nn(CC4CC4)c2=O)C3)cn1. The molecule has 0 radical (unpaired) electrons. The maximum atomic E-state index is 13.0. The second kappa shape index (κ2) is 5.31. The fourth-order valence-corrected chi connectivity index (χ4v) is 4.26. The molecule has 1 saturated heterocycles. The van der Waals surface area contributed by atoms with E-state index in [-0.39, 0.29) is 23.7 Å². The predicted octanol–water partition coefficient (Wildman–Crippen LogP) is 0.418. The quantitative estimate of drug-likeness (QED) is 0.810. The molecule has 2 aliphatic heterocycles. The number of hydrogen-bond donors (Lipinski definition) is 0. The lowest BCUT2D eigenvalue weighted by Gasteiger charge is -2.27. The molecule has 8 nitrogen and oxygen atoms in total. The standard InChI is InChI=1S/C17H22N6O2/c1-20-9-12(7-18-20)16(24)23-13-4-5-14(23)10-21-15(6-13)19-22(17(21)25)8-11-2-3-11/h7,9,11,13-14H,2-6,8,10H2,1H3. The van der Waals surface area contributed by atoms with Crippen LogP contribution in [0.5, 0.6) is 0 Å². The molecule has 2 unspecified atom stereocenters. The molecule has 0 spiro atoms. The molecule has 1 aliphatic carbocycles. The fourth-order valence-electron chi connectivity index (χ4n) is 4.26. The first-order chi connectivity index (χ1) is 12.1. The van der Waals surface area contributed by atoms with E-state index >= 15 is 0 Å². The summed E-state index contributed by atoms with van der Waals surface area (Å²) in [5, 5.41) is 8.71. The number of amides is 1. The third kappa shape index (κ3) is 2.42. The molecule has 2 aromatic heterocycles. The average molecular weight is 342 g/mol. The first-order valence-corrected chi connectivity index (χ1v) is 9.08. The summed E-state index contributed by atoms with van der Waals surface area (Å²) < 4.78 is 5.09. The highest BCUT2D eigenvalue weighted by Gasteiger charge is 2.42. The molecule has 2 aromatic rings. The molecule has 2 bridgehead atoms. The zero-order chi connectivity index (χ0) is 17.1. The Morgan fingerprint density at radius 2 is 2.04 bits per heavy atom. The van der Waals surface area contributed by atoms with E-state index in [9.17, 15) is 9.59 Å². The van der Waals surface area contributed by atoms with Crippen LogP contribution in [0.4, 0.5) is 0 Å². The van der Waals surface area contributed by atoms with Crippen molar-refractivity contribution in [2.24, 2.45) is 13.0 Å². The van der Waals surface area contributed by atoms with Gasteiger partial charge >= 0.3 is 5.69 Å². The summed E-state index contributed by atoms with van der Waals surface area (Å²) in [6.07, 6.45) is 8.36. The predicted molar refractivity (Wildman–Crippen MR) is 89.1 cm³/mol. The van der Waals surface area contributed by atoms with Gasteiger partial charge < -0.3 is 4.90 Å². The van der Waals surface area contributed by atoms with Gasteiger partial charge in [-0.05, 0) is 31.6 Å². The molecular formula is C17H22N6O2. The molecule has 1 amide bonds. The van der Waals surface area contributed by atoms with Crippen LogP contribution < -0.4 is 5.69 Å². The van der Waals surface area contributed by atoms with E-state index in [2.05, 4.69) is 10.2 Å². The largest absolute Gasteiger partial charge is 0.345 e. The number of aryl methyl sites for hydroxylation is 1. The number of fused-ring (bicyclic) bond motifs is 3. The van der Waals surface area contributed by atoms with Crippen LogP contribution in [-0.4, -0.2) is 47.0 Å². The van der Waals surface area contributed by atoms with E-state index in [1.807, 2.05) is 11.9 Å². The maximum Gasteiger partial charge on any atom is 0.345 e. The third-order valence-corrected chi connectivity index (χ3v) is 5.75. The highest BCUT2D eigenvalue weighted by atomic mass is 16.2. The monoisotopic (exact) mass is 342 g/mol. The number of carbonyl (C=O) groups is 1. The van der Waals surface area contributed by atoms with Crippen LogP contribution in [0.3, 0.4) is 0 Å². The summed E-state index contributed by atoms with van der Waals surface area (Å²) in [4.78, 5) is 27.6. The summed E-state index contributed by atoms with van der Waals surface area (Å²) in [6.45, 7) is 1.30. The molecular weight excluding hydrogens is 320 g/mol. The molecule has 8 heteroatoms. The summed E-state index contributed by atoms with van der Waals surface area (Å²) in [5.41, 5.74) is 0.605. The van der Waals surface area contributed by atoms with Crippen molar-refractivity contribution in [1.29, 1.82) is 0 Å². The van der Waals surface area contributed by atoms with Crippen molar-refractivity contribution in [3.05, 3.63) is 34.3 Å². The first-order valence-electron chi connectivity index (χ1n) is 9.08. The highest BCUT2D eigenvalue weighted by Crippen LogP contribution is 2.33. The van der Waals surface area contributed by atoms with Gasteiger partial charge in [-0.15, -0.1) is 0 Å². The summed E-state index contributed by atoms with van der Waals surface area (Å²) in [5.74, 6) is 1.48. The Labute approximate surface area is 145 Å². The minimum absolute atomic E-state index is 0.0109. The molecule has 25 heavy (non-hydrogen) atoms. The van der Waals surface area contributed by atoms with Crippen LogP contribution in [0.25, 0.3) is 0 Å². The summed E-state index contributed by atoms with van der Waals surface area (Å²) in [6, 6.07) is 0.186. The molecule has 2 atom stereocenters. The van der Waals surface area contributed by atoms with Crippen molar-refractivity contribution in [3.63, 3.8) is 0 Å². The Balaban J connectivity index is 1.45. The smallest absolute Gasteiger partial charge is 0.330 e. The Hall–Kier alpha value is -2.38. The molecule has 4 heterocycles. The van der Waals surface area contributed by atoms with Gasteiger partial charge in [-0.2, -0.15) is 10.2 Å². The van der Waals surface area contributed by atoms with E-state index in [4.69, 9.17) is 0 Å². The number of hydrogen-bond acceptors (Lipinski definition) is 4. The van der Waals surface area contributed by atoms with E-state index in [1.165, 1.54) is 12.8 Å². The van der Waals surface area contributed by atoms with Crippen LogP contribution >= 0.6 is 0 Å². The lowest BCUT2D eigenvalue weighted by atomic mass is 10.1. The van der Waals surface area contributed by atoms with Crippen LogP contribution in [-0.2, 0) is 26.6 Å². The van der Waals surface area contributed by atoms with Gasteiger partial charge in [0.2, 0.25) is 0 Å². The van der Waals surface area contributed by atoms with Gasteiger partial charge in [0.05, 0.1) is 17.8 Å². The van der Waals surface area contributed by atoms with Crippen LogP contribution in [0.2, 0.25) is 0 Å². The second-order valence-corrected chi connectivity index (χ2v) is 7.64. The molecule has 1 saturated carbocycles. The Bertz CT molecular complexity index is 889. The van der Waals surface area contributed by atoms with Crippen molar-refractivity contribution in [1.82, 2.24) is 29.0 Å². The zero-order valence-electron chi connectivity index (χ0n) is 14.3. The summed E-state index contributed by atoms with van der Waals surface area (Å²) >= 11 is 0. The maximum absolute atomic E-state index is 13.0. The number of rotatable bonds is 3. The van der Waals surface area contributed by atoms with Crippen LogP contribution in [0.1, 0.15) is 41.9 Å². The zero-order valence-corrected chi connectivity index (χ0v) is 14.3. The van der Waals surface area contributed by atoms with Gasteiger partial charge in [0, 0.05) is 38.8 Å². The van der Waals surface area contributed by atoms with Gasteiger partial charge in [0.25, 0.3) is 5.91 Å². The van der Waals surface area contributed by atoms with Crippen molar-refractivity contribution < 1.29 is 4.79 Å². The van der Waals surface area contributed by atoms with Gasteiger partial charge in [0.15, 0.2) is 0 Å². The van der Waals surface area contributed by atoms with Crippen molar-refractivity contribution in [2.45, 2.75) is 57.3 Å². The lowest BCUT2D eigenvalue weighted by molar-refractivity contribution is 0.0664. The number of carbonyl (C=O) groups excluding carboxylic acids is 1. The van der Waals surface area contributed by atoms with E-state index in [0.717, 1.165) is 25.2 Å². The normalized spacial score (nSPS) is 25.1. The van der Waals surface area contributed by atoms with E-state index in [0.29, 0.717) is 24.4 Å². The minimum atomic E-state index is -0.0109. The Morgan fingerprint density at radius 3 is 2.76 bits per heavy atom. The lowest BCUT2D eigenvalue weighted by Crippen LogP contribution is -2.42. The van der Waals surface area contributed by atoms with Gasteiger partial charge in [-0.3, -0.25) is 14.0 Å². The second-order valence-electron chi connectivity index (χ2n) is 7.64. The Morgan fingerprint density at radius 1 is 1.24 bits per heavy atom.